The van der Waals surface area contributed by atoms with Gasteiger partial charge in [0.2, 0.25) is 0 Å². The first-order valence-corrected chi connectivity index (χ1v) is 7.98. The molecule has 0 aliphatic carbocycles. The molecule has 0 unspecified atom stereocenters. The Hall–Kier alpha value is -2.80. The van der Waals surface area contributed by atoms with E-state index < -0.39 is 5.97 Å². The highest BCUT2D eigenvalue weighted by Gasteiger charge is 2.20. The fraction of sp³-hybridized carbons (Fsp3) is 0.176. The van der Waals surface area contributed by atoms with Gasteiger partial charge in [-0.3, -0.25) is 0 Å². The van der Waals surface area contributed by atoms with Gasteiger partial charge in [0.05, 0.1) is 19.1 Å². The molecule has 24 heavy (non-hydrogen) atoms. The first-order valence-electron chi connectivity index (χ1n) is 7.10. The van der Waals surface area contributed by atoms with E-state index in [1.807, 2.05) is 17.5 Å². The molecule has 0 N–H and O–H groups in total. The smallest absolute Gasteiger partial charge is 0.346 e. The molecule has 0 saturated carbocycles. The van der Waals surface area contributed by atoms with Gasteiger partial charge in [-0.2, -0.15) is 0 Å². The summed E-state index contributed by atoms with van der Waals surface area (Å²) in [4.78, 5) is 13.3. The number of thiophene rings is 1. The average molecular weight is 345 g/mol. The van der Waals surface area contributed by atoms with Gasteiger partial charge in [0.1, 0.15) is 29.4 Å². The van der Waals surface area contributed by atoms with Crippen molar-refractivity contribution in [2.75, 3.05) is 14.2 Å². The van der Waals surface area contributed by atoms with Gasteiger partial charge in [0.25, 0.3) is 0 Å². The van der Waals surface area contributed by atoms with Crippen LogP contribution in [-0.2, 0) is 11.3 Å². The lowest BCUT2D eigenvalue weighted by Crippen LogP contribution is -2.09. The molecule has 0 bridgehead atoms. The Morgan fingerprint density at radius 1 is 1.17 bits per heavy atom. The Morgan fingerprint density at radius 2 is 1.92 bits per heavy atom. The number of hydrogen-bond donors (Lipinski definition) is 0. The van der Waals surface area contributed by atoms with Crippen molar-refractivity contribution in [1.82, 2.24) is 5.16 Å². The molecule has 0 spiro atoms. The summed E-state index contributed by atoms with van der Waals surface area (Å²) < 4.78 is 21.0. The van der Waals surface area contributed by atoms with Crippen molar-refractivity contribution in [2.24, 2.45) is 0 Å². The average Bonchev–Trinajstić information content (AvgIpc) is 3.29. The summed E-state index contributed by atoms with van der Waals surface area (Å²) in [7, 11) is 2.97. The predicted molar refractivity (Wildman–Crippen MR) is 88.5 cm³/mol. The summed E-state index contributed by atoms with van der Waals surface area (Å²) in [6.07, 6.45) is 0. The molecule has 2 heterocycles. The molecule has 0 aliphatic heterocycles. The first kappa shape index (κ1) is 16.1. The Bertz CT molecular complexity index is 803. The molecule has 0 amide bonds. The van der Waals surface area contributed by atoms with Crippen molar-refractivity contribution < 1.29 is 23.5 Å². The standard InChI is InChI=1S/C17H15NO5S/c1-20-12-5-3-6-13(21-2)16(12)17(19)22-10-11-9-14(23-18-11)15-7-4-8-24-15/h3-9H,10H2,1-2H3. The maximum Gasteiger partial charge on any atom is 0.346 e. The summed E-state index contributed by atoms with van der Waals surface area (Å²) >= 11 is 1.55. The van der Waals surface area contributed by atoms with Crippen LogP contribution in [0.5, 0.6) is 11.5 Å². The highest BCUT2D eigenvalue weighted by Crippen LogP contribution is 2.29. The highest BCUT2D eigenvalue weighted by atomic mass is 32.1. The van der Waals surface area contributed by atoms with E-state index in [9.17, 15) is 4.79 Å². The fourth-order valence-corrected chi connectivity index (χ4v) is 2.85. The maximum atomic E-state index is 12.4. The molecule has 1 aromatic carbocycles. The minimum absolute atomic E-state index is 0.00505. The van der Waals surface area contributed by atoms with Gasteiger partial charge in [0.15, 0.2) is 5.76 Å². The van der Waals surface area contributed by atoms with Crippen molar-refractivity contribution >= 4 is 17.3 Å². The number of carbonyl (C=O) groups is 1. The third-order valence-electron chi connectivity index (χ3n) is 3.31. The molecular formula is C17H15NO5S. The lowest BCUT2D eigenvalue weighted by Gasteiger charge is -2.11. The molecule has 0 atom stereocenters. The van der Waals surface area contributed by atoms with Gasteiger partial charge >= 0.3 is 5.97 Å². The number of carbonyl (C=O) groups excluding carboxylic acids is 1. The van der Waals surface area contributed by atoms with E-state index in [1.54, 1.807) is 35.6 Å². The molecule has 0 fully saturated rings. The molecule has 7 heteroatoms. The zero-order valence-electron chi connectivity index (χ0n) is 13.1. The zero-order valence-corrected chi connectivity index (χ0v) is 14.0. The largest absolute Gasteiger partial charge is 0.496 e. The molecular weight excluding hydrogens is 330 g/mol. The Kier molecular flexibility index (Phi) is 4.81. The summed E-state index contributed by atoms with van der Waals surface area (Å²) in [6.45, 7) is -0.00505. The second-order valence-corrected chi connectivity index (χ2v) is 5.72. The van der Waals surface area contributed by atoms with Crippen LogP contribution in [0, 0.1) is 0 Å². The van der Waals surface area contributed by atoms with E-state index in [1.165, 1.54) is 14.2 Å². The van der Waals surface area contributed by atoms with Crippen LogP contribution in [0.3, 0.4) is 0 Å². The van der Waals surface area contributed by atoms with Gasteiger partial charge in [-0.05, 0) is 23.6 Å². The van der Waals surface area contributed by atoms with E-state index in [-0.39, 0.29) is 12.2 Å². The number of aromatic nitrogens is 1. The molecule has 2 aromatic heterocycles. The van der Waals surface area contributed by atoms with Crippen molar-refractivity contribution in [3.63, 3.8) is 0 Å². The molecule has 6 nitrogen and oxygen atoms in total. The van der Waals surface area contributed by atoms with Crippen molar-refractivity contribution in [3.05, 3.63) is 53.0 Å². The number of ether oxygens (including phenoxy) is 3. The summed E-state index contributed by atoms with van der Waals surface area (Å²) in [6, 6.07) is 10.7. The highest BCUT2D eigenvalue weighted by molar-refractivity contribution is 7.13. The SMILES string of the molecule is COc1cccc(OC)c1C(=O)OCc1cc(-c2cccs2)on1. The third-order valence-corrected chi connectivity index (χ3v) is 4.19. The van der Waals surface area contributed by atoms with Crippen LogP contribution in [0.4, 0.5) is 0 Å². The van der Waals surface area contributed by atoms with E-state index in [0.717, 1.165) is 4.88 Å². The molecule has 0 saturated heterocycles. The van der Waals surface area contributed by atoms with E-state index in [4.69, 9.17) is 18.7 Å². The normalized spacial score (nSPS) is 10.4. The van der Waals surface area contributed by atoms with Crippen LogP contribution in [0.15, 0.2) is 46.3 Å². The lowest BCUT2D eigenvalue weighted by atomic mass is 10.2. The number of rotatable bonds is 6. The van der Waals surface area contributed by atoms with E-state index >= 15 is 0 Å². The first-order chi connectivity index (χ1) is 11.7. The van der Waals surface area contributed by atoms with Gasteiger partial charge in [-0.15, -0.1) is 11.3 Å². The second kappa shape index (κ2) is 7.18. The number of methoxy groups -OCH3 is 2. The Morgan fingerprint density at radius 3 is 2.54 bits per heavy atom. The Labute approximate surface area is 142 Å². The van der Waals surface area contributed by atoms with E-state index in [2.05, 4.69) is 5.16 Å². The quantitative estimate of drug-likeness (QED) is 0.633. The number of nitrogens with zero attached hydrogens (tertiary/aromatic N) is 1. The van der Waals surface area contributed by atoms with Crippen LogP contribution in [0.25, 0.3) is 10.6 Å². The van der Waals surface area contributed by atoms with Gasteiger partial charge in [-0.1, -0.05) is 17.3 Å². The topological polar surface area (TPSA) is 70.8 Å². The number of esters is 1. The molecule has 0 aliphatic rings. The van der Waals surface area contributed by atoms with Gasteiger partial charge in [0, 0.05) is 6.07 Å². The minimum atomic E-state index is -0.551. The number of hydrogen-bond acceptors (Lipinski definition) is 7. The molecule has 3 aromatic rings. The summed E-state index contributed by atoms with van der Waals surface area (Å²) in [5, 5.41) is 5.86. The molecule has 3 rings (SSSR count). The van der Waals surface area contributed by atoms with Crippen LogP contribution < -0.4 is 9.47 Å². The van der Waals surface area contributed by atoms with Gasteiger partial charge < -0.3 is 18.7 Å². The summed E-state index contributed by atoms with van der Waals surface area (Å²) in [5.74, 6) is 0.869. The van der Waals surface area contributed by atoms with Crippen LogP contribution >= 0.6 is 11.3 Å². The minimum Gasteiger partial charge on any atom is -0.496 e. The van der Waals surface area contributed by atoms with Crippen LogP contribution in [-0.4, -0.2) is 25.3 Å². The molecule has 124 valence electrons. The van der Waals surface area contributed by atoms with Crippen LogP contribution in [0.2, 0.25) is 0 Å². The van der Waals surface area contributed by atoms with E-state index in [0.29, 0.717) is 23.0 Å². The predicted octanol–water partition coefficient (Wildman–Crippen LogP) is 3.78. The lowest BCUT2D eigenvalue weighted by molar-refractivity contribution is 0.0457. The fourth-order valence-electron chi connectivity index (χ4n) is 2.18. The second-order valence-electron chi connectivity index (χ2n) is 4.77. The van der Waals surface area contributed by atoms with Crippen molar-refractivity contribution in [2.45, 2.75) is 6.61 Å². The third kappa shape index (κ3) is 3.26. The Balaban J connectivity index is 1.72. The van der Waals surface area contributed by atoms with Gasteiger partial charge in [-0.25, -0.2) is 4.79 Å². The zero-order chi connectivity index (χ0) is 16.9. The maximum absolute atomic E-state index is 12.4. The molecule has 0 radical (unpaired) electrons. The van der Waals surface area contributed by atoms with Crippen molar-refractivity contribution in [3.8, 4) is 22.1 Å². The van der Waals surface area contributed by atoms with Crippen molar-refractivity contribution in [1.29, 1.82) is 0 Å². The van der Waals surface area contributed by atoms with Crippen LogP contribution in [0.1, 0.15) is 16.1 Å². The number of benzene rings is 1. The summed E-state index contributed by atoms with van der Waals surface area (Å²) in [5.41, 5.74) is 0.769. The monoisotopic (exact) mass is 345 g/mol.